The van der Waals surface area contributed by atoms with Crippen LogP contribution in [0.25, 0.3) is 0 Å². The fourth-order valence-corrected chi connectivity index (χ4v) is 1.53. The van der Waals surface area contributed by atoms with Crippen LogP contribution in [0, 0.1) is 0 Å². The molecule has 21 heavy (non-hydrogen) atoms. The zero-order chi connectivity index (χ0) is 16.0. The summed E-state index contributed by atoms with van der Waals surface area (Å²) in [6, 6.07) is 6.84. The molecular weight excluding hydrogens is 268 g/mol. The average molecular weight is 292 g/mol. The number of anilines is 1. The maximum absolute atomic E-state index is 11.8. The van der Waals surface area contributed by atoms with Crippen LogP contribution in [0.4, 0.5) is 5.69 Å². The van der Waals surface area contributed by atoms with Crippen molar-refractivity contribution in [2.24, 2.45) is 0 Å². The van der Waals surface area contributed by atoms with Crippen molar-refractivity contribution in [3.05, 3.63) is 29.8 Å². The largest absolute Gasteiger partial charge is 0.366 e. The molecule has 0 heterocycles. The molecule has 2 amide bonds. The average Bonchev–Trinajstić information content (AvgIpc) is 2.35. The molecule has 0 fully saturated rings. The molecule has 0 radical (unpaired) electrons. The highest BCUT2D eigenvalue weighted by Crippen LogP contribution is 2.11. The van der Waals surface area contributed by atoms with Gasteiger partial charge in [-0.15, -0.1) is 0 Å². The van der Waals surface area contributed by atoms with Gasteiger partial charge in [-0.3, -0.25) is 9.59 Å². The van der Waals surface area contributed by atoms with Crippen molar-refractivity contribution < 1.29 is 14.3 Å². The molecule has 0 aromatic heterocycles. The van der Waals surface area contributed by atoms with Crippen LogP contribution in [0.5, 0.6) is 0 Å². The second-order valence-electron chi connectivity index (χ2n) is 6.15. The summed E-state index contributed by atoms with van der Waals surface area (Å²) in [5.41, 5.74) is 0.849. The van der Waals surface area contributed by atoms with E-state index in [1.165, 1.54) is 0 Å². The molecule has 1 aromatic carbocycles. The van der Waals surface area contributed by atoms with Gasteiger partial charge >= 0.3 is 0 Å². The Morgan fingerprint density at radius 1 is 1.14 bits per heavy atom. The zero-order valence-corrected chi connectivity index (χ0v) is 13.3. The van der Waals surface area contributed by atoms with Crippen molar-refractivity contribution in [1.82, 2.24) is 5.32 Å². The van der Waals surface area contributed by atoms with Crippen LogP contribution in [-0.2, 0) is 9.53 Å². The smallest absolute Gasteiger partial charge is 0.251 e. The van der Waals surface area contributed by atoms with E-state index in [0.717, 1.165) is 0 Å². The molecule has 1 aromatic rings. The molecule has 0 aliphatic rings. The van der Waals surface area contributed by atoms with E-state index in [1.54, 1.807) is 24.3 Å². The van der Waals surface area contributed by atoms with E-state index in [9.17, 15) is 9.59 Å². The van der Waals surface area contributed by atoms with Gasteiger partial charge in [-0.2, -0.15) is 0 Å². The van der Waals surface area contributed by atoms with Crippen molar-refractivity contribution in [3.63, 3.8) is 0 Å². The quantitative estimate of drug-likeness (QED) is 0.876. The maximum Gasteiger partial charge on any atom is 0.251 e. The van der Waals surface area contributed by atoms with Gasteiger partial charge < -0.3 is 15.4 Å². The molecule has 2 N–H and O–H groups in total. The van der Waals surface area contributed by atoms with Crippen LogP contribution >= 0.6 is 0 Å². The third-order valence-electron chi connectivity index (χ3n) is 2.49. The molecule has 5 nitrogen and oxygen atoms in total. The van der Waals surface area contributed by atoms with Crippen molar-refractivity contribution in [3.8, 4) is 0 Å². The Labute approximate surface area is 126 Å². The molecule has 0 aliphatic carbocycles. The molecular formula is C16H24N2O3. The SMILES string of the molecule is CC(C)NC(=O)c1ccc(NC(=O)COC(C)(C)C)cc1. The number of hydrogen-bond donors (Lipinski definition) is 2. The maximum atomic E-state index is 11.8. The van der Waals surface area contributed by atoms with Gasteiger partial charge in [0.05, 0.1) is 5.60 Å². The van der Waals surface area contributed by atoms with Gasteiger partial charge in [0.1, 0.15) is 6.61 Å². The molecule has 0 bridgehead atoms. The highest BCUT2D eigenvalue weighted by Gasteiger charge is 2.13. The predicted molar refractivity (Wildman–Crippen MR) is 83.4 cm³/mol. The summed E-state index contributed by atoms with van der Waals surface area (Å²) < 4.78 is 5.39. The van der Waals surface area contributed by atoms with Crippen LogP contribution in [-0.4, -0.2) is 30.1 Å². The van der Waals surface area contributed by atoms with Crippen molar-refractivity contribution in [1.29, 1.82) is 0 Å². The highest BCUT2D eigenvalue weighted by molar-refractivity contribution is 5.96. The lowest BCUT2D eigenvalue weighted by atomic mass is 10.2. The number of hydrogen-bond acceptors (Lipinski definition) is 3. The Hall–Kier alpha value is -1.88. The molecule has 116 valence electrons. The first-order valence-electron chi connectivity index (χ1n) is 7.02. The van der Waals surface area contributed by atoms with Gasteiger partial charge in [-0.05, 0) is 58.9 Å². The Bertz CT molecular complexity index is 487. The molecule has 0 saturated heterocycles. The van der Waals surface area contributed by atoms with E-state index in [1.807, 2.05) is 34.6 Å². The first-order chi connectivity index (χ1) is 9.67. The third-order valence-corrected chi connectivity index (χ3v) is 2.49. The van der Waals surface area contributed by atoms with Crippen LogP contribution in [0.3, 0.4) is 0 Å². The Kier molecular flexibility index (Phi) is 5.90. The van der Waals surface area contributed by atoms with Crippen molar-refractivity contribution >= 4 is 17.5 Å². The topological polar surface area (TPSA) is 67.4 Å². The number of amides is 2. The van der Waals surface area contributed by atoms with Crippen LogP contribution in [0.15, 0.2) is 24.3 Å². The second kappa shape index (κ2) is 7.22. The first kappa shape index (κ1) is 17.2. The Balaban J connectivity index is 2.55. The monoisotopic (exact) mass is 292 g/mol. The van der Waals surface area contributed by atoms with E-state index in [2.05, 4.69) is 10.6 Å². The Morgan fingerprint density at radius 2 is 1.71 bits per heavy atom. The van der Waals surface area contributed by atoms with Gasteiger partial charge in [0, 0.05) is 17.3 Å². The van der Waals surface area contributed by atoms with E-state index in [0.29, 0.717) is 11.3 Å². The summed E-state index contributed by atoms with van der Waals surface area (Å²) in [4.78, 5) is 23.5. The summed E-state index contributed by atoms with van der Waals surface area (Å²) in [5.74, 6) is -0.344. The first-order valence-corrected chi connectivity index (χ1v) is 7.02. The lowest BCUT2D eigenvalue weighted by Crippen LogP contribution is -2.30. The Morgan fingerprint density at radius 3 is 2.19 bits per heavy atom. The number of carbonyl (C=O) groups is 2. The molecule has 0 aliphatic heterocycles. The van der Waals surface area contributed by atoms with Crippen molar-refractivity contribution in [2.75, 3.05) is 11.9 Å². The summed E-state index contributed by atoms with van der Waals surface area (Å²) in [5, 5.41) is 5.54. The molecule has 0 saturated carbocycles. The lowest BCUT2D eigenvalue weighted by molar-refractivity contribution is -0.125. The third kappa shape index (κ3) is 6.90. The number of carbonyl (C=O) groups excluding carboxylic acids is 2. The summed E-state index contributed by atoms with van der Waals surface area (Å²) in [7, 11) is 0. The van der Waals surface area contributed by atoms with E-state index in [4.69, 9.17) is 4.74 Å². The normalized spacial score (nSPS) is 11.3. The van der Waals surface area contributed by atoms with E-state index < -0.39 is 0 Å². The number of benzene rings is 1. The van der Waals surface area contributed by atoms with Gasteiger partial charge in [0.2, 0.25) is 5.91 Å². The minimum absolute atomic E-state index is 0.000906. The van der Waals surface area contributed by atoms with Gasteiger partial charge in [-0.1, -0.05) is 0 Å². The molecule has 0 atom stereocenters. The minimum atomic E-state index is -0.351. The summed E-state index contributed by atoms with van der Waals surface area (Å²) in [6.07, 6.45) is 0. The van der Waals surface area contributed by atoms with Gasteiger partial charge in [-0.25, -0.2) is 0 Å². The van der Waals surface area contributed by atoms with Gasteiger partial charge in [0.15, 0.2) is 0 Å². The van der Waals surface area contributed by atoms with Gasteiger partial charge in [0.25, 0.3) is 5.91 Å². The molecule has 0 spiro atoms. The zero-order valence-electron chi connectivity index (χ0n) is 13.3. The number of rotatable bonds is 5. The molecule has 1 rings (SSSR count). The van der Waals surface area contributed by atoms with Crippen molar-refractivity contribution in [2.45, 2.75) is 46.3 Å². The van der Waals surface area contributed by atoms with E-state index in [-0.39, 0.29) is 30.1 Å². The van der Waals surface area contributed by atoms with E-state index >= 15 is 0 Å². The fraction of sp³-hybridized carbons (Fsp3) is 0.500. The second-order valence-corrected chi connectivity index (χ2v) is 6.15. The van der Waals surface area contributed by atoms with Crippen LogP contribution < -0.4 is 10.6 Å². The molecule has 0 unspecified atom stereocenters. The predicted octanol–water partition coefficient (Wildman–Crippen LogP) is 2.58. The summed E-state index contributed by atoms with van der Waals surface area (Å²) in [6.45, 7) is 9.48. The standard InChI is InChI=1S/C16H24N2O3/c1-11(2)17-15(20)12-6-8-13(9-7-12)18-14(19)10-21-16(3,4)5/h6-9,11H,10H2,1-5H3,(H,17,20)(H,18,19). The molecule has 5 heteroatoms. The van der Waals surface area contributed by atoms with Crippen LogP contribution in [0.2, 0.25) is 0 Å². The fourth-order valence-electron chi connectivity index (χ4n) is 1.53. The highest BCUT2D eigenvalue weighted by atomic mass is 16.5. The lowest BCUT2D eigenvalue weighted by Gasteiger charge is -2.19. The number of nitrogens with one attached hydrogen (secondary N) is 2. The van der Waals surface area contributed by atoms with Crippen LogP contribution in [0.1, 0.15) is 45.0 Å². The summed E-state index contributed by atoms with van der Waals surface area (Å²) >= 11 is 0. The number of ether oxygens (including phenoxy) is 1. The minimum Gasteiger partial charge on any atom is -0.366 e.